The number of piperazine rings is 1. The third-order valence-corrected chi connectivity index (χ3v) is 2.95. The minimum atomic E-state index is -4.38. The van der Waals surface area contributed by atoms with Crippen LogP contribution in [-0.4, -0.2) is 40.3 Å². The Balaban J connectivity index is 1.99. The van der Waals surface area contributed by atoms with Crippen molar-refractivity contribution in [1.29, 1.82) is 0 Å². The molecule has 1 fully saturated rings. The van der Waals surface area contributed by atoms with Gasteiger partial charge in [-0.15, -0.1) is 0 Å². The van der Waals surface area contributed by atoms with Crippen LogP contribution in [0.2, 0.25) is 0 Å². The number of H-pyrrole nitrogens is 1. The lowest BCUT2D eigenvalue weighted by molar-refractivity contribution is -0.141. The second-order valence-corrected chi connectivity index (χ2v) is 4.94. The van der Waals surface area contributed by atoms with E-state index in [9.17, 15) is 13.2 Å². The molecule has 1 saturated heterocycles. The summed E-state index contributed by atoms with van der Waals surface area (Å²) in [6.07, 6.45) is -4.38. The highest BCUT2D eigenvalue weighted by Crippen LogP contribution is 2.27. The molecule has 0 bridgehead atoms. The van der Waals surface area contributed by atoms with Crippen molar-refractivity contribution in [3.63, 3.8) is 0 Å². The van der Waals surface area contributed by atoms with Gasteiger partial charge in [0, 0.05) is 37.4 Å². The van der Waals surface area contributed by atoms with E-state index in [1.54, 1.807) is 0 Å². The standard InChI is InChI=1S/C11H17F3N4/c1-7-4-18(5-8(2)15-7)6-9-3-10(17-16-9)11(12,13)14/h3,7-8,15H,4-6H2,1-2H3,(H,16,17). The number of halogens is 3. The summed E-state index contributed by atoms with van der Waals surface area (Å²) in [6.45, 7) is 6.25. The molecule has 2 N–H and O–H groups in total. The highest BCUT2D eigenvalue weighted by atomic mass is 19.4. The first-order valence-corrected chi connectivity index (χ1v) is 5.94. The Morgan fingerprint density at radius 1 is 1.33 bits per heavy atom. The van der Waals surface area contributed by atoms with Crippen LogP contribution in [0.3, 0.4) is 0 Å². The summed E-state index contributed by atoms with van der Waals surface area (Å²) < 4.78 is 37.2. The molecule has 18 heavy (non-hydrogen) atoms. The minimum absolute atomic E-state index is 0.346. The van der Waals surface area contributed by atoms with Crippen LogP contribution in [0.15, 0.2) is 6.07 Å². The van der Waals surface area contributed by atoms with E-state index < -0.39 is 11.9 Å². The number of aromatic amines is 1. The van der Waals surface area contributed by atoms with Gasteiger partial charge in [-0.25, -0.2) is 0 Å². The van der Waals surface area contributed by atoms with Crippen molar-refractivity contribution in [2.45, 2.75) is 38.7 Å². The lowest BCUT2D eigenvalue weighted by Gasteiger charge is -2.35. The number of hydrogen-bond donors (Lipinski definition) is 2. The zero-order valence-electron chi connectivity index (χ0n) is 10.4. The smallest absolute Gasteiger partial charge is 0.309 e. The molecular weight excluding hydrogens is 245 g/mol. The Kier molecular flexibility index (Phi) is 3.63. The van der Waals surface area contributed by atoms with Crippen molar-refractivity contribution >= 4 is 0 Å². The fourth-order valence-electron chi connectivity index (χ4n) is 2.40. The Morgan fingerprint density at radius 3 is 2.44 bits per heavy atom. The third kappa shape index (κ3) is 3.23. The first kappa shape index (κ1) is 13.4. The zero-order chi connectivity index (χ0) is 13.3. The van der Waals surface area contributed by atoms with Crippen LogP contribution >= 0.6 is 0 Å². The molecule has 2 unspecified atom stereocenters. The quantitative estimate of drug-likeness (QED) is 0.851. The average molecular weight is 262 g/mol. The molecule has 0 saturated carbocycles. The van der Waals surface area contributed by atoms with E-state index in [0.29, 0.717) is 24.3 Å². The summed E-state index contributed by atoms with van der Waals surface area (Å²) in [7, 11) is 0. The fraction of sp³-hybridized carbons (Fsp3) is 0.727. The fourth-order valence-corrected chi connectivity index (χ4v) is 2.40. The van der Waals surface area contributed by atoms with Crippen LogP contribution in [-0.2, 0) is 12.7 Å². The van der Waals surface area contributed by atoms with Gasteiger partial charge in [0.2, 0.25) is 0 Å². The van der Waals surface area contributed by atoms with Gasteiger partial charge in [0.05, 0.1) is 0 Å². The van der Waals surface area contributed by atoms with Gasteiger partial charge in [0.15, 0.2) is 5.69 Å². The van der Waals surface area contributed by atoms with Gasteiger partial charge >= 0.3 is 6.18 Å². The van der Waals surface area contributed by atoms with E-state index in [2.05, 4.69) is 34.3 Å². The van der Waals surface area contributed by atoms with Crippen molar-refractivity contribution in [2.24, 2.45) is 0 Å². The van der Waals surface area contributed by atoms with Gasteiger partial charge in [-0.1, -0.05) is 0 Å². The summed E-state index contributed by atoms with van der Waals surface area (Å²) in [5, 5.41) is 9.13. The molecule has 0 aliphatic carbocycles. The average Bonchev–Trinajstić information content (AvgIpc) is 2.63. The maximum Gasteiger partial charge on any atom is 0.435 e. The molecule has 0 amide bonds. The zero-order valence-corrected chi connectivity index (χ0v) is 10.4. The van der Waals surface area contributed by atoms with Gasteiger partial charge in [-0.3, -0.25) is 10.00 Å². The minimum Gasteiger partial charge on any atom is -0.309 e. The molecule has 2 atom stereocenters. The molecule has 0 radical (unpaired) electrons. The molecule has 1 aliphatic rings. The number of nitrogens with zero attached hydrogens (tertiary/aromatic N) is 2. The van der Waals surface area contributed by atoms with Crippen molar-refractivity contribution in [3.05, 3.63) is 17.5 Å². The van der Waals surface area contributed by atoms with Gasteiger partial charge in [0.1, 0.15) is 0 Å². The molecule has 102 valence electrons. The largest absolute Gasteiger partial charge is 0.435 e. The highest BCUT2D eigenvalue weighted by molar-refractivity contribution is 5.11. The number of alkyl halides is 3. The van der Waals surface area contributed by atoms with Crippen LogP contribution in [0, 0.1) is 0 Å². The van der Waals surface area contributed by atoms with E-state index in [1.165, 1.54) is 0 Å². The Bertz CT molecular complexity index is 391. The number of aromatic nitrogens is 2. The first-order chi connectivity index (χ1) is 8.34. The molecule has 1 aromatic heterocycles. The van der Waals surface area contributed by atoms with Gasteiger partial charge in [0.25, 0.3) is 0 Å². The van der Waals surface area contributed by atoms with E-state index in [-0.39, 0.29) is 0 Å². The van der Waals surface area contributed by atoms with Crippen LogP contribution < -0.4 is 5.32 Å². The van der Waals surface area contributed by atoms with Crippen LogP contribution in [0.25, 0.3) is 0 Å². The predicted molar refractivity (Wildman–Crippen MR) is 60.9 cm³/mol. The van der Waals surface area contributed by atoms with Gasteiger partial charge < -0.3 is 5.32 Å². The number of nitrogens with one attached hydrogen (secondary N) is 2. The van der Waals surface area contributed by atoms with Crippen LogP contribution in [0.5, 0.6) is 0 Å². The van der Waals surface area contributed by atoms with Crippen LogP contribution in [0.1, 0.15) is 25.2 Å². The second kappa shape index (κ2) is 4.89. The molecule has 2 heterocycles. The molecule has 1 aliphatic heterocycles. The van der Waals surface area contributed by atoms with Crippen molar-refractivity contribution in [2.75, 3.05) is 13.1 Å². The first-order valence-electron chi connectivity index (χ1n) is 5.94. The highest BCUT2D eigenvalue weighted by Gasteiger charge is 2.34. The third-order valence-electron chi connectivity index (χ3n) is 2.95. The summed E-state index contributed by atoms with van der Waals surface area (Å²) in [5.74, 6) is 0. The van der Waals surface area contributed by atoms with Crippen molar-refractivity contribution in [3.8, 4) is 0 Å². The molecule has 0 spiro atoms. The normalized spacial score (nSPS) is 26.5. The van der Waals surface area contributed by atoms with Crippen molar-refractivity contribution < 1.29 is 13.2 Å². The SMILES string of the molecule is CC1CN(Cc2cc(C(F)(F)F)n[nH]2)CC(C)N1. The Hall–Kier alpha value is -1.08. The topological polar surface area (TPSA) is 44.0 Å². The van der Waals surface area contributed by atoms with Crippen molar-refractivity contribution in [1.82, 2.24) is 20.4 Å². The number of rotatable bonds is 2. The lowest BCUT2D eigenvalue weighted by atomic mass is 10.1. The van der Waals surface area contributed by atoms with Gasteiger partial charge in [-0.05, 0) is 19.9 Å². The van der Waals surface area contributed by atoms with E-state index in [4.69, 9.17) is 0 Å². The van der Waals surface area contributed by atoms with E-state index >= 15 is 0 Å². The van der Waals surface area contributed by atoms with Crippen LogP contribution in [0.4, 0.5) is 13.2 Å². The molecule has 4 nitrogen and oxygen atoms in total. The Morgan fingerprint density at radius 2 is 1.94 bits per heavy atom. The molecule has 2 rings (SSSR count). The summed E-state index contributed by atoms with van der Waals surface area (Å²) in [6, 6.07) is 1.77. The predicted octanol–water partition coefficient (Wildman–Crippen LogP) is 1.61. The lowest BCUT2D eigenvalue weighted by Crippen LogP contribution is -2.53. The maximum absolute atomic E-state index is 12.4. The number of hydrogen-bond acceptors (Lipinski definition) is 3. The molecular formula is C11H17F3N4. The van der Waals surface area contributed by atoms with E-state index in [0.717, 1.165) is 19.2 Å². The molecule has 1 aromatic rings. The molecule has 7 heteroatoms. The Labute approximate surface area is 104 Å². The summed E-state index contributed by atoms with van der Waals surface area (Å²) in [5.41, 5.74) is -0.350. The van der Waals surface area contributed by atoms with Gasteiger partial charge in [-0.2, -0.15) is 18.3 Å². The summed E-state index contributed by atoms with van der Waals surface area (Å²) in [4.78, 5) is 2.12. The van der Waals surface area contributed by atoms with E-state index in [1.807, 2.05) is 0 Å². The monoisotopic (exact) mass is 262 g/mol. The second-order valence-electron chi connectivity index (χ2n) is 4.94. The molecule has 0 aromatic carbocycles. The summed E-state index contributed by atoms with van der Waals surface area (Å²) >= 11 is 0. The maximum atomic E-state index is 12.4.